The van der Waals surface area contributed by atoms with Crippen LogP contribution in [0.3, 0.4) is 0 Å². The van der Waals surface area contributed by atoms with E-state index in [0.717, 1.165) is 12.3 Å². The van der Waals surface area contributed by atoms with Gasteiger partial charge in [-0.15, -0.1) is 0 Å². The summed E-state index contributed by atoms with van der Waals surface area (Å²) < 4.78 is 5.82. The minimum absolute atomic E-state index is 0.282. The van der Waals surface area contributed by atoms with Gasteiger partial charge in [0.25, 0.3) is 0 Å². The molecule has 2 atom stereocenters. The maximum absolute atomic E-state index is 6.16. The van der Waals surface area contributed by atoms with Crippen molar-refractivity contribution in [2.45, 2.75) is 58.0 Å². The first kappa shape index (κ1) is 16.3. The van der Waals surface area contributed by atoms with E-state index in [1.807, 2.05) is 13.0 Å². The zero-order valence-electron chi connectivity index (χ0n) is 13.6. The van der Waals surface area contributed by atoms with E-state index < -0.39 is 0 Å². The molecule has 0 aromatic heterocycles. The molecule has 2 unspecified atom stereocenters. The van der Waals surface area contributed by atoms with E-state index in [9.17, 15) is 0 Å². The Morgan fingerprint density at radius 3 is 2.81 bits per heavy atom. The zero-order valence-corrected chi connectivity index (χ0v) is 13.6. The highest BCUT2D eigenvalue weighted by Crippen LogP contribution is 2.34. The molecule has 2 rings (SSSR count). The molecule has 0 bridgehead atoms. The van der Waals surface area contributed by atoms with Gasteiger partial charge in [0.15, 0.2) is 0 Å². The summed E-state index contributed by atoms with van der Waals surface area (Å²) in [5.74, 6) is 0.997. The Hall–Kier alpha value is -1.06. The van der Waals surface area contributed by atoms with Crippen molar-refractivity contribution in [1.29, 1.82) is 0 Å². The molecule has 1 aliphatic heterocycles. The Kier molecular flexibility index (Phi) is 6.52. The van der Waals surface area contributed by atoms with Crippen molar-refractivity contribution in [2.24, 2.45) is 5.73 Å². The van der Waals surface area contributed by atoms with Crippen LogP contribution in [-0.2, 0) is 0 Å². The van der Waals surface area contributed by atoms with Gasteiger partial charge in [0.1, 0.15) is 5.75 Å². The Labute approximate surface area is 129 Å². The van der Waals surface area contributed by atoms with Crippen LogP contribution in [-0.4, -0.2) is 30.6 Å². The van der Waals surface area contributed by atoms with Gasteiger partial charge in [-0.1, -0.05) is 38.0 Å². The molecule has 1 saturated heterocycles. The Balaban J connectivity index is 2.25. The molecule has 2 N–H and O–H groups in total. The average Bonchev–Trinajstić information content (AvgIpc) is 2.52. The van der Waals surface area contributed by atoms with Gasteiger partial charge >= 0.3 is 0 Å². The molecule has 1 aromatic rings. The molecule has 21 heavy (non-hydrogen) atoms. The fourth-order valence-electron chi connectivity index (χ4n) is 3.56. The largest absolute Gasteiger partial charge is 0.494 e. The normalized spacial score (nSPS) is 21.2. The second-order valence-electron chi connectivity index (χ2n) is 5.90. The van der Waals surface area contributed by atoms with Crippen LogP contribution in [0.1, 0.15) is 57.6 Å². The fraction of sp³-hybridized carbons (Fsp3) is 0.667. The van der Waals surface area contributed by atoms with E-state index in [4.69, 9.17) is 10.5 Å². The summed E-state index contributed by atoms with van der Waals surface area (Å²) in [5, 5.41) is 0. The third-order valence-corrected chi connectivity index (χ3v) is 4.50. The molecule has 3 nitrogen and oxygen atoms in total. The van der Waals surface area contributed by atoms with Crippen LogP contribution in [0.15, 0.2) is 24.3 Å². The maximum Gasteiger partial charge on any atom is 0.124 e. The first-order valence-corrected chi connectivity index (χ1v) is 8.49. The number of nitrogens with zero attached hydrogens (tertiary/aromatic N) is 1. The molecule has 0 radical (unpaired) electrons. The summed E-state index contributed by atoms with van der Waals surface area (Å²) in [5.41, 5.74) is 7.42. The van der Waals surface area contributed by atoms with Crippen LogP contribution >= 0.6 is 0 Å². The van der Waals surface area contributed by atoms with Crippen molar-refractivity contribution >= 4 is 0 Å². The number of para-hydroxylation sites is 1. The van der Waals surface area contributed by atoms with Crippen molar-refractivity contribution in [3.8, 4) is 5.75 Å². The smallest absolute Gasteiger partial charge is 0.124 e. The van der Waals surface area contributed by atoms with Gasteiger partial charge in [-0.25, -0.2) is 0 Å². The molecule has 1 fully saturated rings. The van der Waals surface area contributed by atoms with Gasteiger partial charge < -0.3 is 10.5 Å². The molecule has 3 heteroatoms. The van der Waals surface area contributed by atoms with E-state index >= 15 is 0 Å². The lowest BCUT2D eigenvalue weighted by Gasteiger charge is -2.41. The lowest BCUT2D eigenvalue weighted by Crippen LogP contribution is -2.44. The molecule has 1 aromatic carbocycles. The summed E-state index contributed by atoms with van der Waals surface area (Å²) in [6, 6.07) is 9.35. The van der Waals surface area contributed by atoms with Crippen molar-refractivity contribution in [3.05, 3.63) is 29.8 Å². The van der Waals surface area contributed by atoms with Crippen LogP contribution < -0.4 is 10.5 Å². The highest BCUT2D eigenvalue weighted by Gasteiger charge is 2.29. The lowest BCUT2D eigenvalue weighted by molar-refractivity contribution is 0.0895. The molecule has 0 saturated carbocycles. The summed E-state index contributed by atoms with van der Waals surface area (Å²) in [6.45, 7) is 6.83. The Morgan fingerprint density at radius 2 is 2.10 bits per heavy atom. The highest BCUT2D eigenvalue weighted by molar-refractivity contribution is 5.36. The number of nitrogens with two attached hydrogens (primary N) is 1. The van der Waals surface area contributed by atoms with Crippen LogP contribution in [0.2, 0.25) is 0 Å². The minimum atomic E-state index is 0.282. The van der Waals surface area contributed by atoms with Crippen molar-refractivity contribution in [1.82, 2.24) is 4.90 Å². The van der Waals surface area contributed by atoms with E-state index in [1.54, 1.807) is 0 Å². The second kappa shape index (κ2) is 8.40. The molecular formula is C18H30N2O. The van der Waals surface area contributed by atoms with Crippen LogP contribution in [0.5, 0.6) is 5.75 Å². The minimum Gasteiger partial charge on any atom is -0.494 e. The summed E-state index contributed by atoms with van der Waals surface area (Å²) >= 11 is 0. The van der Waals surface area contributed by atoms with Crippen molar-refractivity contribution < 1.29 is 4.74 Å². The number of piperidine rings is 1. The van der Waals surface area contributed by atoms with E-state index in [1.165, 1.54) is 37.7 Å². The van der Waals surface area contributed by atoms with Crippen molar-refractivity contribution in [3.63, 3.8) is 0 Å². The zero-order chi connectivity index (χ0) is 15.1. The molecule has 1 heterocycles. The Morgan fingerprint density at radius 1 is 1.29 bits per heavy atom. The number of ether oxygens (including phenoxy) is 1. The lowest BCUT2D eigenvalue weighted by atomic mass is 9.93. The number of hydrogen-bond acceptors (Lipinski definition) is 3. The molecule has 1 aliphatic rings. The third kappa shape index (κ3) is 3.98. The Bertz CT molecular complexity index is 419. The summed E-state index contributed by atoms with van der Waals surface area (Å²) in [7, 11) is 0. The molecular weight excluding hydrogens is 260 g/mol. The number of likely N-dealkylation sites (tertiary alicyclic amines) is 1. The summed E-state index contributed by atoms with van der Waals surface area (Å²) in [6.07, 6.45) is 6.46. The van der Waals surface area contributed by atoms with Gasteiger partial charge in [-0.3, -0.25) is 4.90 Å². The van der Waals surface area contributed by atoms with E-state index in [2.05, 4.69) is 30.0 Å². The molecule has 0 spiro atoms. The molecule has 0 amide bonds. The molecule has 118 valence electrons. The van der Waals surface area contributed by atoms with Gasteiger partial charge in [-0.05, 0) is 38.8 Å². The first-order valence-electron chi connectivity index (χ1n) is 8.49. The predicted molar refractivity (Wildman–Crippen MR) is 88.7 cm³/mol. The number of hydrogen-bond donors (Lipinski definition) is 1. The fourth-order valence-corrected chi connectivity index (χ4v) is 3.56. The number of benzene rings is 1. The van der Waals surface area contributed by atoms with Crippen LogP contribution in [0.25, 0.3) is 0 Å². The number of rotatable bonds is 7. The molecule has 0 aliphatic carbocycles. The van der Waals surface area contributed by atoms with E-state index in [0.29, 0.717) is 19.2 Å². The second-order valence-corrected chi connectivity index (χ2v) is 5.90. The van der Waals surface area contributed by atoms with Crippen LogP contribution in [0.4, 0.5) is 0 Å². The first-order chi connectivity index (χ1) is 10.3. The average molecular weight is 290 g/mol. The maximum atomic E-state index is 6.16. The van der Waals surface area contributed by atoms with Crippen molar-refractivity contribution in [2.75, 3.05) is 19.7 Å². The standard InChI is InChI=1S/C18H30N2O/c1-3-9-15-10-7-8-13-20(15)17(14-19)16-11-5-6-12-18(16)21-4-2/h5-6,11-12,15,17H,3-4,7-10,13-14,19H2,1-2H3. The predicted octanol–water partition coefficient (Wildman–Crippen LogP) is 3.74. The van der Waals surface area contributed by atoms with Crippen LogP contribution in [0, 0.1) is 0 Å². The topological polar surface area (TPSA) is 38.5 Å². The SMILES string of the molecule is CCCC1CCCCN1C(CN)c1ccccc1OCC. The third-order valence-electron chi connectivity index (χ3n) is 4.50. The monoisotopic (exact) mass is 290 g/mol. The highest BCUT2D eigenvalue weighted by atomic mass is 16.5. The summed E-state index contributed by atoms with van der Waals surface area (Å²) in [4.78, 5) is 2.63. The van der Waals surface area contributed by atoms with E-state index in [-0.39, 0.29) is 6.04 Å². The van der Waals surface area contributed by atoms with Gasteiger partial charge in [0.2, 0.25) is 0 Å². The quantitative estimate of drug-likeness (QED) is 0.831. The van der Waals surface area contributed by atoms with Gasteiger partial charge in [0.05, 0.1) is 12.6 Å². The van der Waals surface area contributed by atoms with Gasteiger partial charge in [-0.2, -0.15) is 0 Å². The van der Waals surface area contributed by atoms with Gasteiger partial charge in [0, 0.05) is 18.2 Å².